The number of anilines is 1. The first-order valence-corrected chi connectivity index (χ1v) is 12.0. The van der Waals surface area contributed by atoms with E-state index in [1.54, 1.807) is 0 Å². The summed E-state index contributed by atoms with van der Waals surface area (Å²) in [6.45, 7) is 5.16. The Kier molecular flexibility index (Phi) is 5.74. The second-order valence-corrected chi connectivity index (χ2v) is 9.73. The summed E-state index contributed by atoms with van der Waals surface area (Å²) in [7, 11) is 0. The molecule has 5 heteroatoms. The van der Waals surface area contributed by atoms with Crippen molar-refractivity contribution in [1.82, 2.24) is 9.47 Å². The van der Waals surface area contributed by atoms with Crippen molar-refractivity contribution in [2.75, 3.05) is 31.1 Å². The van der Waals surface area contributed by atoms with E-state index in [0.717, 1.165) is 48.0 Å². The van der Waals surface area contributed by atoms with E-state index >= 15 is 0 Å². The molecule has 0 radical (unpaired) electrons. The minimum atomic E-state index is 0.452. The Morgan fingerprint density at radius 2 is 1.63 bits per heavy atom. The Hall–Kier alpha value is -1.98. The molecule has 4 nitrogen and oxygen atoms in total. The summed E-state index contributed by atoms with van der Waals surface area (Å²) in [5, 5.41) is 13.1. The lowest BCUT2D eigenvalue weighted by molar-refractivity contribution is 0.250. The summed E-state index contributed by atoms with van der Waals surface area (Å²) in [5.74, 6) is 0.452. The predicted molar refractivity (Wildman–Crippen MR) is 127 cm³/mol. The zero-order valence-corrected chi connectivity index (χ0v) is 19.0. The van der Waals surface area contributed by atoms with Gasteiger partial charge in [0.2, 0.25) is 0 Å². The molecule has 0 atom stereocenters. The van der Waals surface area contributed by atoms with E-state index in [2.05, 4.69) is 79.0 Å². The molecule has 1 aliphatic carbocycles. The van der Waals surface area contributed by atoms with Crippen LogP contribution >= 0.6 is 15.9 Å². The minimum absolute atomic E-state index is 0.452. The molecule has 2 aliphatic rings. The largest absolute Gasteiger partial charge is 0.494 e. The van der Waals surface area contributed by atoms with Crippen LogP contribution in [-0.4, -0.2) is 40.8 Å². The van der Waals surface area contributed by atoms with Gasteiger partial charge in [0.15, 0.2) is 5.88 Å². The minimum Gasteiger partial charge on any atom is -0.494 e. The molecule has 0 amide bonds. The van der Waals surface area contributed by atoms with Gasteiger partial charge in [-0.25, -0.2) is 0 Å². The van der Waals surface area contributed by atoms with E-state index in [0.29, 0.717) is 11.9 Å². The maximum Gasteiger partial charge on any atom is 0.199 e. The summed E-state index contributed by atoms with van der Waals surface area (Å²) in [4.78, 5) is 4.98. The van der Waals surface area contributed by atoms with E-state index in [9.17, 15) is 5.11 Å². The van der Waals surface area contributed by atoms with Gasteiger partial charge in [-0.1, -0.05) is 53.4 Å². The lowest BCUT2D eigenvalue weighted by atomic mass is 9.95. The second kappa shape index (κ2) is 8.64. The third-order valence-electron chi connectivity index (χ3n) is 6.83. The van der Waals surface area contributed by atoms with Crippen LogP contribution in [0.3, 0.4) is 0 Å². The monoisotopic (exact) mass is 467 g/mol. The first-order valence-electron chi connectivity index (χ1n) is 11.2. The van der Waals surface area contributed by atoms with Crippen molar-refractivity contribution in [2.24, 2.45) is 0 Å². The highest BCUT2D eigenvalue weighted by molar-refractivity contribution is 9.10. The molecule has 158 valence electrons. The number of rotatable bonds is 4. The van der Waals surface area contributed by atoms with Gasteiger partial charge in [0.05, 0.1) is 0 Å². The maximum absolute atomic E-state index is 10.9. The quantitative estimate of drug-likeness (QED) is 0.515. The molecular formula is C25H30BrN3O. The Balaban J connectivity index is 1.27. The van der Waals surface area contributed by atoms with Gasteiger partial charge in [-0.2, -0.15) is 0 Å². The standard InChI is InChI=1S/C25H30BrN3O/c26-21-9-6-19(7-10-21)17-27-12-14-28(15-13-27)23-11-8-20-18-29(25(30)24(20)16-23)22-4-2-1-3-5-22/h6-11,16,18,22,30H,1-5,12-15,17H2. The van der Waals surface area contributed by atoms with Gasteiger partial charge in [-0.3, -0.25) is 4.90 Å². The molecule has 1 aromatic heterocycles. The number of piperazine rings is 1. The fourth-order valence-corrected chi connectivity index (χ4v) is 5.31. The lowest BCUT2D eigenvalue weighted by Crippen LogP contribution is -2.45. The first-order chi connectivity index (χ1) is 14.7. The van der Waals surface area contributed by atoms with Gasteiger partial charge in [-0.15, -0.1) is 0 Å². The van der Waals surface area contributed by atoms with Crippen LogP contribution in [0.1, 0.15) is 43.7 Å². The molecule has 1 aliphatic heterocycles. The Labute approximate surface area is 187 Å². The number of hydrogen-bond donors (Lipinski definition) is 1. The summed E-state index contributed by atoms with van der Waals surface area (Å²) in [6, 6.07) is 15.7. The lowest BCUT2D eigenvalue weighted by Gasteiger charge is -2.36. The van der Waals surface area contributed by atoms with E-state index in [-0.39, 0.29) is 0 Å². The van der Waals surface area contributed by atoms with Gasteiger partial charge < -0.3 is 14.6 Å². The van der Waals surface area contributed by atoms with Crippen molar-refractivity contribution in [3.05, 3.63) is 58.7 Å². The van der Waals surface area contributed by atoms with Crippen molar-refractivity contribution in [1.29, 1.82) is 0 Å². The Morgan fingerprint density at radius 1 is 0.900 bits per heavy atom. The summed E-state index contributed by atoms with van der Waals surface area (Å²) >= 11 is 3.51. The average Bonchev–Trinajstić information content (AvgIpc) is 3.12. The van der Waals surface area contributed by atoms with Crippen LogP contribution in [0.15, 0.2) is 53.1 Å². The maximum atomic E-state index is 10.9. The Bertz CT molecular complexity index is 999. The van der Waals surface area contributed by atoms with Crippen LogP contribution in [0.25, 0.3) is 10.8 Å². The molecule has 5 rings (SSSR count). The summed E-state index contributed by atoms with van der Waals surface area (Å²) < 4.78 is 3.26. The van der Waals surface area contributed by atoms with Gasteiger partial charge in [-0.05, 0) is 42.7 Å². The van der Waals surface area contributed by atoms with E-state index in [1.807, 2.05) is 0 Å². The number of hydrogen-bond acceptors (Lipinski definition) is 3. The van der Waals surface area contributed by atoms with Gasteiger partial charge in [0.1, 0.15) is 0 Å². The zero-order valence-electron chi connectivity index (χ0n) is 17.4. The second-order valence-electron chi connectivity index (χ2n) is 8.81. The van der Waals surface area contributed by atoms with Crippen LogP contribution in [0.2, 0.25) is 0 Å². The molecule has 2 aromatic carbocycles. The Morgan fingerprint density at radius 3 is 2.37 bits per heavy atom. The fourth-order valence-electron chi connectivity index (χ4n) is 5.05. The molecule has 30 heavy (non-hydrogen) atoms. The molecule has 3 aromatic rings. The molecule has 0 spiro atoms. The first kappa shape index (κ1) is 20.0. The molecular weight excluding hydrogens is 438 g/mol. The molecule has 0 unspecified atom stereocenters. The van der Waals surface area contributed by atoms with Crippen LogP contribution in [-0.2, 0) is 6.54 Å². The molecule has 0 bridgehead atoms. The summed E-state index contributed by atoms with van der Waals surface area (Å²) in [6.07, 6.45) is 8.39. The number of nitrogens with zero attached hydrogens (tertiary/aromatic N) is 3. The third-order valence-corrected chi connectivity index (χ3v) is 7.35. The highest BCUT2D eigenvalue weighted by Crippen LogP contribution is 2.38. The summed E-state index contributed by atoms with van der Waals surface area (Å²) in [5.41, 5.74) is 2.59. The van der Waals surface area contributed by atoms with E-state index in [1.165, 1.54) is 43.4 Å². The van der Waals surface area contributed by atoms with E-state index in [4.69, 9.17) is 0 Å². The SMILES string of the molecule is Oc1c2cc(N3CCN(Cc4ccc(Br)cc4)CC3)ccc2cn1C1CCCCC1. The predicted octanol–water partition coefficient (Wildman–Crippen LogP) is 5.94. The topological polar surface area (TPSA) is 31.6 Å². The van der Waals surface area contributed by atoms with Crippen LogP contribution in [0.4, 0.5) is 5.69 Å². The number of fused-ring (bicyclic) bond motifs is 1. The normalized spacial score (nSPS) is 18.9. The molecule has 1 saturated carbocycles. The smallest absolute Gasteiger partial charge is 0.199 e. The molecule has 2 fully saturated rings. The number of aromatic nitrogens is 1. The van der Waals surface area contributed by atoms with Crippen molar-refractivity contribution < 1.29 is 5.11 Å². The molecule has 1 N–H and O–H groups in total. The van der Waals surface area contributed by atoms with Gasteiger partial charge in [0.25, 0.3) is 0 Å². The van der Waals surface area contributed by atoms with Crippen LogP contribution in [0.5, 0.6) is 5.88 Å². The number of aromatic hydroxyl groups is 1. The van der Waals surface area contributed by atoms with Crippen molar-refractivity contribution in [3.63, 3.8) is 0 Å². The molecule has 1 saturated heterocycles. The highest BCUT2D eigenvalue weighted by Gasteiger charge is 2.21. The van der Waals surface area contributed by atoms with Gasteiger partial charge in [0, 0.05) is 65.9 Å². The highest BCUT2D eigenvalue weighted by atomic mass is 79.9. The zero-order chi connectivity index (χ0) is 20.5. The van der Waals surface area contributed by atoms with Crippen LogP contribution in [0, 0.1) is 0 Å². The van der Waals surface area contributed by atoms with Crippen molar-refractivity contribution in [2.45, 2.75) is 44.7 Å². The van der Waals surface area contributed by atoms with Crippen molar-refractivity contribution >= 4 is 32.4 Å². The molecule has 2 heterocycles. The van der Waals surface area contributed by atoms with Gasteiger partial charge >= 0.3 is 0 Å². The number of benzene rings is 2. The van der Waals surface area contributed by atoms with Crippen molar-refractivity contribution in [3.8, 4) is 5.88 Å². The number of halogens is 1. The van der Waals surface area contributed by atoms with E-state index < -0.39 is 0 Å². The third kappa shape index (κ3) is 4.10. The van der Waals surface area contributed by atoms with Crippen LogP contribution < -0.4 is 4.90 Å². The average molecular weight is 468 g/mol. The fraction of sp³-hybridized carbons (Fsp3) is 0.440.